The van der Waals surface area contributed by atoms with Crippen LogP contribution in [0.1, 0.15) is 43.0 Å². The molecule has 1 aromatic carbocycles. The highest BCUT2D eigenvalue weighted by Gasteiger charge is 2.26. The Morgan fingerprint density at radius 2 is 1.68 bits per heavy atom. The Morgan fingerprint density at radius 3 is 2.39 bits per heavy atom. The second kappa shape index (κ2) is 10.1. The van der Waals surface area contributed by atoms with E-state index < -0.39 is 0 Å². The highest BCUT2D eigenvalue weighted by atomic mass is 16.5. The van der Waals surface area contributed by atoms with Crippen molar-refractivity contribution in [2.75, 3.05) is 57.3 Å². The van der Waals surface area contributed by atoms with E-state index in [9.17, 15) is 9.59 Å². The lowest BCUT2D eigenvalue weighted by molar-refractivity contribution is -0.132. The smallest absolute Gasteiger partial charge is 0.341 e. The maximum atomic E-state index is 12.8. The number of aromatic nitrogens is 1. The molecule has 2 fully saturated rings. The lowest BCUT2D eigenvalue weighted by atomic mass is 10.1. The van der Waals surface area contributed by atoms with Crippen LogP contribution in [0.25, 0.3) is 10.9 Å². The van der Waals surface area contributed by atoms with E-state index in [0.717, 1.165) is 68.7 Å². The molecule has 4 rings (SSSR count). The molecule has 0 bridgehead atoms. The second-order valence-electron chi connectivity index (χ2n) is 8.32. The van der Waals surface area contributed by atoms with Crippen molar-refractivity contribution in [1.29, 1.82) is 0 Å². The molecule has 2 aromatic rings. The van der Waals surface area contributed by atoms with Gasteiger partial charge in [0.05, 0.1) is 24.4 Å². The molecule has 2 aliphatic heterocycles. The van der Waals surface area contributed by atoms with Crippen LogP contribution >= 0.6 is 0 Å². The molecule has 0 N–H and O–H groups in total. The molecule has 0 unspecified atom stereocenters. The lowest BCUT2D eigenvalue weighted by Gasteiger charge is -2.37. The number of likely N-dealkylation sites (tertiary alicyclic amines) is 1. The summed E-state index contributed by atoms with van der Waals surface area (Å²) < 4.78 is 5.29. The molecule has 0 spiro atoms. The van der Waals surface area contributed by atoms with Gasteiger partial charge in [-0.15, -0.1) is 0 Å². The molecule has 31 heavy (non-hydrogen) atoms. The summed E-state index contributed by atoms with van der Waals surface area (Å²) in [4.78, 5) is 36.4. The molecule has 3 heterocycles. The van der Waals surface area contributed by atoms with Gasteiger partial charge in [-0.1, -0.05) is 31.0 Å². The Labute approximate surface area is 184 Å². The van der Waals surface area contributed by atoms with Crippen LogP contribution in [-0.4, -0.2) is 79.1 Å². The van der Waals surface area contributed by atoms with Gasteiger partial charge in [-0.3, -0.25) is 14.7 Å². The van der Waals surface area contributed by atoms with Crippen molar-refractivity contribution in [2.45, 2.75) is 32.6 Å². The van der Waals surface area contributed by atoms with E-state index in [4.69, 9.17) is 4.74 Å². The third-order valence-electron chi connectivity index (χ3n) is 6.25. The molecule has 166 valence electrons. The minimum absolute atomic E-state index is 0.247. The molecule has 2 aliphatic rings. The van der Waals surface area contributed by atoms with E-state index in [2.05, 4.69) is 14.8 Å². The number of fused-ring (bicyclic) bond motifs is 1. The summed E-state index contributed by atoms with van der Waals surface area (Å²) in [5, 5.41) is 0.960. The van der Waals surface area contributed by atoms with Gasteiger partial charge in [-0.25, -0.2) is 4.79 Å². The summed E-state index contributed by atoms with van der Waals surface area (Å²) in [6, 6.07) is 7.90. The second-order valence-corrected chi connectivity index (χ2v) is 8.32. The number of pyridine rings is 1. The Morgan fingerprint density at radius 1 is 0.968 bits per heavy atom. The zero-order valence-corrected chi connectivity index (χ0v) is 18.4. The number of ether oxygens (including phenoxy) is 1. The SMILES string of the molecule is CCOC(=O)c1cnc2ccccc2c1N1CCN(CC(=O)N2CCCCCC2)CC1. The number of esters is 1. The summed E-state index contributed by atoms with van der Waals surface area (Å²) in [5.41, 5.74) is 2.27. The fraction of sp³-hybridized carbons (Fsp3) is 0.542. The van der Waals surface area contributed by atoms with E-state index in [-0.39, 0.29) is 11.9 Å². The van der Waals surface area contributed by atoms with Gasteiger partial charge >= 0.3 is 5.97 Å². The molecule has 1 aromatic heterocycles. The number of piperazine rings is 1. The van der Waals surface area contributed by atoms with Crippen molar-refractivity contribution < 1.29 is 14.3 Å². The van der Waals surface area contributed by atoms with Crippen LogP contribution in [0, 0.1) is 0 Å². The van der Waals surface area contributed by atoms with Crippen LogP contribution in [0.15, 0.2) is 30.5 Å². The first-order valence-electron chi connectivity index (χ1n) is 11.5. The van der Waals surface area contributed by atoms with Crippen LogP contribution in [0.4, 0.5) is 5.69 Å². The molecule has 2 saturated heterocycles. The normalized spacial score (nSPS) is 18.1. The summed E-state index contributed by atoms with van der Waals surface area (Å²) in [6.45, 7) is 7.51. The monoisotopic (exact) mass is 424 g/mol. The number of nitrogens with zero attached hydrogens (tertiary/aromatic N) is 4. The maximum absolute atomic E-state index is 12.8. The average Bonchev–Trinajstić information content (AvgIpc) is 3.09. The number of para-hydroxylation sites is 1. The van der Waals surface area contributed by atoms with Crippen LogP contribution in [0.2, 0.25) is 0 Å². The lowest BCUT2D eigenvalue weighted by Crippen LogP contribution is -2.50. The van der Waals surface area contributed by atoms with Crippen LogP contribution in [0.5, 0.6) is 0 Å². The Bertz CT molecular complexity index is 916. The largest absolute Gasteiger partial charge is 0.462 e. The fourth-order valence-corrected chi connectivity index (χ4v) is 4.57. The molecule has 0 saturated carbocycles. The van der Waals surface area contributed by atoms with Crippen LogP contribution in [0.3, 0.4) is 0 Å². The van der Waals surface area contributed by atoms with Crippen molar-refractivity contribution in [3.8, 4) is 0 Å². The number of carbonyl (C=O) groups is 2. The highest BCUT2D eigenvalue weighted by molar-refractivity contribution is 6.05. The third-order valence-corrected chi connectivity index (χ3v) is 6.25. The number of amides is 1. The van der Waals surface area contributed by atoms with E-state index in [1.807, 2.05) is 36.1 Å². The van der Waals surface area contributed by atoms with E-state index in [1.165, 1.54) is 12.8 Å². The maximum Gasteiger partial charge on any atom is 0.341 e. The van der Waals surface area contributed by atoms with E-state index in [0.29, 0.717) is 18.7 Å². The Hall–Kier alpha value is -2.67. The van der Waals surface area contributed by atoms with Gasteiger partial charge in [-0.2, -0.15) is 0 Å². The van der Waals surface area contributed by atoms with Crippen LogP contribution < -0.4 is 4.90 Å². The zero-order chi connectivity index (χ0) is 21.6. The van der Waals surface area contributed by atoms with Gasteiger partial charge in [0.2, 0.25) is 5.91 Å². The number of hydrogen-bond acceptors (Lipinski definition) is 6. The molecular formula is C24H32N4O3. The van der Waals surface area contributed by atoms with Gasteiger partial charge in [0.25, 0.3) is 0 Å². The average molecular weight is 425 g/mol. The highest BCUT2D eigenvalue weighted by Crippen LogP contribution is 2.31. The van der Waals surface area contributed by atoms with Crippen molar-refractivity contribution in [3.63, 3.8) is 0 Å². The topological polar surface area (TPSA) is 66.0 Å². The van der Waals surface area contributed by atoms with Gasteiger partial charge in [0, 0.05) is 50.9 Å². The third kappa shape index (κ3) is 4.98. The van der Waals surface area contributed by atoms with Crippen molar-refractivity contribution in [1.82, 2.24) is 14.8 Å². The minimum Gasteiger partial charge on any atom is -0.462 e. The first kappa shape index (κ1) is 21.6. The number of hydrogen-bond donors (Lipinski definition) is 0. The minimum atomic E-state index is -0.338. The van der Waals surface area contributed by atoms with Gasteiger partial charge in [0.15, 0.2) is 0 Å². The van der Waals surface area contributed by atoms with Gasteiger partial charge in [-0.05, 0) is 25.8 Å². The standard InChI is InChI=1S/C24H32N4O3/c1-2-31-24(30)20-17-25-21-10-6-5-9-19(21)23(20)28-15-13-26(14-16-28)18-22(29)27-11-7-3-4-8-12-27/h5-6,9-10,17H,2-4,7-8,11-16,18H2,1H3. The Kier molecular flexibility index (Phi) is 7.02. The van der Waals surface area contributed by atoms with Crippen molar-refractivity contribution >= 4 is 28.5 Å². The fourth-order valence-electron chi connectivity index (χ4n) is 4.57. The van der Waals surface area contributed by atoms with Gasteiger partial charge < -0.3 is 14.5 Å². The summed E-state index contributed by atoms with van der Waals surface area (Å²) >= 11 is 0. The summed E-state index contributed by atoms with van der Waals surface area (Å²) in [5.74, 6) is -0.0913. The molecule has 0 atom stereocenters. The summed E-state index contributed by atoms with van der Waals surface area (Å²) in [6.07, 6.45) is 6.32. The number of benzene rings is 1. The summed E-state index contributed by atoms with van der Waals surface area (Å²) in [7, 11) is 0. The quantitative estimate of drug-likeness (QED) is 0.688. The Balaban J connectivity index is 1.47. The van der Waals surface area contributed by atoms with Crippen molar-refractivity contribution in [2.24, 2.45) is 0 Å². The molecule has 0 radical (unpaired) electrons. The number of rotatable bonds is 5. The van der Waals surface area contributed by atoms with Crippen LogP contribution in [-0.2, 0) is 9.53 Å². The first-order valence-corrected chi connectivity index (χ1v) is 11.5. The predicted octanol–water partition coefficient (Wildman–Crippen LogP) is 2.94. The molecule has 0 aliphatic carbocycles. The number of anilines is 1. The molecular weight excluding hydrogens is 392 g/mol. The predicted molar refractivity (Wildman–Crippen MR) is 121 cm³/mol. The van der Waals surface area contributed by atoms with E-state index >= 15 is 0 Å². The van der Waals surface area contributed by atoms with Gasteiger partial charge in [0.1, 0.15) is 5.56 Å². The molecule has 7 heteroatoms. The molecule has 7 nitrogen and oxygen atoms in total. The first-order chi connectivity index (χ1) is 15.2. The molecule has 1 amide bonds. The zero-order valence-electron chi connectivity index (χ0n) is 18.4. The van der Waals surface area contributed by atoms with E-state index in [1.54, 1.807) is 6.20 Å². The van der Waals surface area contributed by atoms with Crippen molar-refractivity contribution in [3.05, 3.63) is 36.0 Å². The number of carbonyl (C=O) groups excluding carboxylic acids is 2.